The average molecular weight is 406 g/mol. The van der Waals surface area contributed by atoms with Crippen molar-refractivity contribution in [1.82, 2.24) is 24.9 Å². The summed E-state index contributed by atoms with van der Waals surface area (Å²) in [5.74, 6) is -0.627. The highest BCUT2D eigenvalue weighted by Gasteiger charge is 2.33. The van der Waals surface area contributed by atoms with Gasteiger partial charge in [0, 0.05) is 18.7 Å². The monoisotopic (exact) mass is 405 g/mol. The number of hydrogen-bond acceptors (Lipinski definition) is 4. The Balaban J connectivity index is 1.68. The number of carbonyl (C=O) groups excluding carboxylic acids is 1. The first-order valence-corrected chi connectivity index (χ1v) is 9.02. The van der Waals surface area contributed by atoms with E-state index in [9.17, 15) is 9.18 Å². The molecular formula is C18H14Cl2FN5O. The number of halogens is 3. The van der Waals surface area contributed by atoms with E-state index in [0.29, 0.717) is 22.7 Å². The first-order chi connectivity index (χ1) is 13.0. The van der Waals surface area contributed by atoms with Crippen LogP contribution >= 0.6 is 23.2 Å². The fraction of sp³-hybridized carbons (Fsp3) is 0.222. The highest BCUT2D eigenvalue weighted by molar-refractivity contribution is 6.43. The normalized spacial score (nSPS) is 16.3. The van der Waals surface area contributed by atoms with Gasteiger partial charge < -0.3 is 4.90 Å². The molecule has 9 heteroatoms. The SMILES string of the molecule is CC1Cc2c(nnn2-c2ncccc2F)CN1C(=O)c1cccc(Cl)c1Cl. The second kappa shape index (κ2) is 6.90. The van der Waals surface area contributed by atoms with Crippen LogP contribution in [0.1, 0.15) is 28.7 Å². The Morgan fingerprint density at radius 2 is 2.07 bits per heavy atom. The molecule has 0 bridgehead atoms. The Kier molecular flexibility index (Phi) is 4.57. The quantitative estimate of drug-likeness (QED) is 0.651. The summed E-state index contributed by atoms with van der Waals surface area (Å²) in [7, 11) is 0. The van der Waals surface area contributed by atoms with E-state index in [1.807, 2.05) is 6.92 Å². The van der Waals surface area contributed by atoms with Crippen LogP contribution in [-0.2, 0) is 13.0 Å². The molecule has 1 aliphatic rings. The number of amides is 1. The molecule has 6 nitrogen and oxygen atoms in total. The van der Waals surface area contributed by atoms with Crippen LogP contribution in [0, 0.1) is 5.82 Å². The van der Waals surface area contributed by atoms with Gasteiger partial charge in [0.1, 0.15) is 5.69 Å². The maximum absolute atomic E-state index is 14.1. The number of pyridine rings is 1. The predicted molar refractivity (Wildman–Crippen MR) is 98.6 cm³/mol. The zero-order valence-corrected chi connectivity index (χ0v) is 15.7. The molecule has 27 heavy (non-hydrogen) atoms. The molecule has 1 aromatic carbocycles. The average Bonchev–Trinajstić information content (AvgIpc) is 3.05. The van der Waals surface area contributed by atoms with Crippen molar-refractivity contribution in [2.45, 2.75) is 25.9 Å². The molecule has 1 amide bonds. The molecule has 0 N–H and O–H groups in total. The number of fused-ring (bicyclic) bond motifs is 1. The molecule has 3 aromatic rings. The van der Waals surface area contributed by atoms with E-state index in [2.05, 4.69) is 15.3 Å². The molecule has 1 unspecified atom stereocenters. The summed E-state index contributed by atoms with van der Waals surface area (Å²) in [5, 5.41) is 8.72. The smallest absolute Gasteiger partial charge is 0.256 e. The molecule has 4 rings (SSSR count). The van der Waals surface area contributed by atoms with Crippen molar-refractivity contribution in [2.75, 3.05) is 0 Å². The minimum Gasteiger partial charge on any atom is -0.329 e. The fourth-order valence-electron chi connectivity index (χ4n) is 3.17. The molecule has 0 fully saturated rings. The summed E-state index contributed by atoms with van der Waals surface area (Å²) in [6.07, 6.45) is 1.96. The maximum Gasteiger partial charge on any atom is 0.256 e. The summed E-state index contributed by atoms with van der Waals surface area (Å²) in [6, 6.07) is 7.62. The van der Waals surface area contributed by atoms with Gasteiger partial charge in [0.2, 0.25) is 0 Å². The second-order valence-electron chi connectivity index (χ2n) is 6.29. The molecule has 138 valence electrons. The number of nitrogens with zero attached hydrogens (tertiary/aromatic N) is 5. The zero-order chi connectivity index (χ0) is 19.1. The zero-order valence-electron chi connectivity index (χ0n) is 14.2. The fourth-order valence-corrected chi connectivity index (χ4v) is 3.55. The summed E-state index contributed by atoms with van der Waals surface area (Å²) in [4.78, 5) is 18.7. The molecule has 0 aliphatic carbocycles. The van der Waals surface area contributed by atoms with Gasteiger partial charge in [-0.25, -0.2) is 9.37 Å². The lowest BCUT2D eigenvalue weighted by Crippen LogP contribution is -2.43. The largest absolute Gasteiger partial charge is 0.329 e. The van der Waals surface area contributed by atoms with Gasteiger partial charge in [-0.2, -0.15) is 4.68 Å². The topological polar surface area (TPSA) is 63.9 Å². The van der Waals surface area contributed by atoms with Crippen LogP contribution in [0.5, 0.6) is 0 Å². The number of rotatable bonds is 2. The molecule has 2 aromatic heterocycles. The third-order valence-electron chi connectivity index (χ3n) is 4.57. The lowest BCUT2D eigenvalue weighted by Gasteiger charge is -2.33. The van der Waals surface area contributed by atoms with Crippen molar-refractivity contribution in [2.24, 2.45) is 0 Å². The van der Waals surface area contributed by atoms with Crippen LogP contribution in [0.15, 0.2) is 36.5 Å². The van der Waals surface area contributed by atoms with Crippen molar-refractivity contribution in [1.29, 1.82) is 0 Å². The van der Waals surface area contributed by atoms with Gasteiger partial charge in [-0.1, -0.05) is 34.5 Å². The molecule has 3 heterocycles. The van der Waals surface area contributed by atoms with Crippen LogP contribution in [-0.4, -0.2) is 36.8 Å². The molecule has 1 aliphatic heterocycles. The van der Waals surface area contributed by atoms with E-state index in [1.54, 1.807) is 23.1 Å². The third-order valence-corrected chi connectivity index (χ3v) is 5.39. The molecule has 1 atom stereocenters. The Labute approximate surface area is 164 Å². The molecule has 0 spiro atoms. The van der Waals surface area contributed by atoms with E-state index in [0.717, 1.165) is 5.69 Å². The van der Waals surface area contributed by atoms with Crippen LogP contribution in [0.4, 0.5) is 4.39 Å². The van der Waals surface area contributed by atoms with Crippen LogP contribution in [0.3, 0.4) is 0 Å². The van der Waals surface area contributed by atoms with Crippen LogP contribution in [0.25, 0.3) is 5.82 Å². The summed E-state index contributed by atoms with van der Waals surface area (Å²) in [5.41, 5.74) is 1.67. The van der Waals surface area contributed by atoms with Crippen molar-refractivity contribution in [3.8, 4) is 5.82 Å². The van der Waals surface area contributed by atoms with E-state index >= 15 is 0 Å². The Bertz CT molecular complexity index is 1040. The highest BCUT2D eigenvalue weighted by Crippen LogP contribution is 2.30. The lowest BCUT2D eigenvalue weighted by molar-refractivity contribution is 0.0653. The predicted octanol–water partition coefficient (Wildman–Crippen LogP) is 3.70. The minimum absolute atomic E-state index is 0.0936. The van der Waals surface area contributed by atoms with Gasteiger partial charge in [0.15, 0.2) is 11.6 Å². The van der Waals surface area contributed by atoms with Gasteiger partial charge in [-0.3, -0.25) is 4.79 Å². The van der Waals surface area contributed by atoms with Crippen LogP contribution < -0.4 is 0 Å². The Morgan fingerprint density at radius 3 is 2.85 bits per heavy atom. The van der Waals surface area contributed by atoms with Crippen LogP contribution in [0.2, 0.25) is 10.0 Å². The van der Waals surface area contributed by atoms with Gasteiger partial charge >= 0.3 is 0 Å². The van der Waals surface area contributed by atoms with Crippen molar-refractivity contribution in [3.63, 3.8) is 0 Å². The number of benzene rings is 1. The third kappa shape index (κ3) is 3.07. The van der Waals surface area contributed by atoms with Crippen molar-refractivity contribution < 1.29 is 9.18 Å². The molecule has 0 saturated carbocycles. The summed E-state index contributed by atoms with van der Waals surface area (Å²) in [6.45, 7) is 2.15. The molecule has 0 radical (unpaired) electrons. The van der Waals surface area contributed by atoms with E-state index in [1.165, 1.54) is 23.0 Å². The van der Waals surface area contributed by atoms with E-state index < -0.39 is 5.82 Å². The van der Waals surface area contributed by atoms with Gasteiger partial charge in [-0.15, -0.1) is 5.10 Å². The number of carbonyl (C=O) groups is 1. The summed E-state index contributed by atoms with van der Waals surface area (Å²) >= 11 is 12.2. The molecular weight excluding hydrogens is 392 g/mol. The van der Waals surface area contributed by atoms with Crippen molar-refractivity contribution >= 4 is 29.1 Å². The number of hydrogen-bond donors (Lipinski definition) is 0. The van der Waals surface area contributed by atoms with Crippen molar-refractivity contribution in [3.05, 3.63) is 69.3 Å². The molecule has 0 saturated heterocycles. The Hall–Kier alpha value is -2.51. The second-order valence-corrected chi connectivity index (χ2v) is 7.08. The standard InChI is InChI=1S/C18H14Cl2FN5O/c1-10-8-15-14(23-24-26(15)17-13(21)6-3-7-22-17)9-25(10)18(27)11-4-2-5-12(19)16(11)20/h2-7,10H,8-9H2,1H3. The summed E-state index contributed by atoms with van der Waals surface area (Å²) < 4.78 is 15.5. The maximum atomic E-state index is 14.1. The highest BCUT2D eigenvalue weighted by atomic mass is 35.5. The lowest BCUT2D eigenvalue weighted by atomic mass is 10.0. The number of aromatic nitrogens is 4. The van der Waals surface area contributed by atoms with E-state index in [4.69, 9.17) is 23.2 Å². The van der Waals surface area contributed by atoms with Gasteiger partial charge in [-0.05, 0) is 31.2 Å². The van der Waals surface area contributed by atoms with Gasteiger partial charge in [0.05, 0.1) is 27.8 Å². The Morgan fingerprint density at radius 1 is 1.26 bits per heavy atom. The van der Waals surface area contributed by atoms with Gasteiger partial charge in [0.25, 0.3) is 5.91 Å². The first-order valence-electron chi connectivity index (χ1n) is 8.26. The van der Waals surface area contributed by atoms with E-state index in [-0.39, 0.29) is 29.3 Å². The minimum atomic E-state index is -0.484. The first kappa shape index (κ1) is 17.9.